The van der Waals surface area contributed by atoms with Gasteiger partial charge in [-0.15, -0.1) is 11.8 Å². The average Bonchev–Trinajstić information content (AvgIpc) is 2.46. The van der Waals surface area contributed by atoms with Crippen LogP contribution >= 0.6 is 23.4 Å². The highest BCUT2D eigenvalue weighted by molar-refractivity contribution is 7.99. The largest absolute Gasteiger partial charge is 0.353 e. The number of carbonyl (C=O) groups excluding carboxylic acids is 2. The van der Waals surface area contributed by atoms with Crippen LogP contribution in [-0.4, -0.2) is 48.7 Å². The molecule has 9 heteroatoms. The van der Waals surface area contributed by atoms with Gasteiger partial charge in [0.2, 0.25) is 12.3 Å². The molecule has 1 aliphatic rings. The first-order chi connectivity index (χ1) is 10.5. The smallest absolute Gasteiger partial charge is 0.322 e. The highest BCUT2D eigenvalue weighted by Crippen LogP contribution is 2.35. The molecule has 3 amide bonds. The summed E-state index contributed by atoms with van der Waals surface area (Å²) >= 11 is 6.89. The molecule has 5 nitrogen and oxygen atoms in total. The Morgan fingerprint density at radius 3 is 2.95 bits per heavy atom. The van der Waals surface area contributed by atoms with E-state index in [4.69, 9.17) is 11.6 Å². The Morgan fingerprint density at radius 2 is 2.27 bits per heavy atom. The Labute approximate surface area is 135 Å². The molecule has 1 aromatic carbocycles. The maximum Gasteiger partial charge on any atom is 0.322 e. The van der Waals surface area contributed by atoms with Gasteiger partial charge in [-0.3, -0.25) is 4.79 Å². The van der Waals surface area contributed by atoms with Crippen LogP contribution in [0.15, 0.2) is 23.1 Å². The van der Waals surface area contributed by atoms with Gasteiger partial charge >= 0.3 is 6.03 Å². The number of urea groups is 1. The summed E-state index contributed by atoms with van der Waals surface area (Å²) in [5, 5.41) is 5.53. The monoisotopic (exact) mass is 349 g/mol. The molecule has 0 radical (unpaired) electrons. The molecular formula is C13H14ClF2N3O2S. The molecule has 1 fully saturated rings. The summed E-state index contributed by atoms with van der Waals surface area (Å²) in [5.74, 6) is -0.654. The summed E-state index contributed by atoms with van der Waals surface area (Å²) in [4.78, 5) is 25.2. The molecule has 0 saturated carbocycles. The van der Waals surface area contributed by atoms with Crippen molar-refractivity contribution in [2.45, 2.75) is 11.3 Å². The van der Waals surface area contributed by atoms with E-state index in [1.54, 1.807) is 18.2 Å². The fraction of sp³-hybridized carbons (Fsp3) is 0.385. The molecule has 2 rings (SSSR count). The third-order valence-corrected chi connectivity index (χ3v) is 4.46. The van der Waals surface area contributed by atoms with Crippen molar-refractivity contribution in [3.63, 3.8) is 0 Å². The lowest BCUT2D eigenvalue weighted by molar-refractivity contribution is -0.123. The minimum Gasteiger partial charge on any atom is -0.353 e. The lowest BCUT2D eigenvalue weighted by Crippen LogP contribution is -2.51. The molecular weight excluding hydrogens is 336 g/mol. The minimum absolute atomic E-state index is 0.0358. The molecule has 0 aromatic heterocycles. The summed E-state index contributed by atoms with van der Waals surface area (Å²) in [6, 6.07) is 4.31. The van der Waals surface area contributed by atoms with Crippen LogP contribution in [-0.2, 0) is 4.79 Å². The Hall–Kier alpha value is -1.54. The summed E-state index contributed by atoms with van der Waals surface area (Å²) in [6.45, 7) is 0.734. The zero-order valence-corrected chi connectivity index (χ0v) is 13.0. The van der Waals surface area contributed by atoms with Crippen LogP contribution in [0.1, 0.15) is 0 Å². The van der Waals surface area contributed by atoms with Gasteiger partial charge in [-0.05, 0) is 12.1 Å². The molecule has 0 atom stereocenters. The van der Waals surface area contributed by atoms with E-state index in [1.165, 1.54) is 4.90 Å². The number of halogens is 3. The highest BCUT2D eigenvalue weighted by Gasteiger charge is 2.22. The van der Waals surface area contributed by atoms with E-state index in [0.717, 1.165) is 11.8 Å². The van der Waals surface area contributed by atoms with Crippen molar-refractivity contribution in [2.75, 3.05) is 30.7 Å². The Bertz CT molecular complexity index is 574. The standard InChI is InChI=1S/C13H14ClF2N3O2S/c14-8-2-1-3-9(12(8)22-7-10(15)16)18-13(21)19-5-4-17-11(20)6-19/h1-3,10H,4-7H2,(H,17,20)(H,18,21). The number of hydrogen-bond acceptors (Lipinski definition) is 3. The van der Waals surface area contributed by atoms with Crippen LogP contribution in [0.25, 0.3) is 0 Å². The molecule has 2 N–H and O–H groups in total. The van der Waals surface area contributed by atoms with Crippen LogP contribution in [0.5, 0.6) is 0 Å². The lowest BCUT2D eigenvalue weighted by atomic mass is 10.3. The second-order valence-corrected chi connectivity index (χ2v) is 5.96. The lowest BCUT2D eigenvalue weighted by Gasteiger charge is -2.27. The normalized spacial score (nSPS) is 14.9. The van der Waals surface area contributed by atoms with E-state index in [-0.39, 0.29) is 12.5 Å². The molecule has 0 unspecified atom stereocenters. The fourth-order valence-electron chi connectivity index (χ4n) is 1.91. The molecule has 1 saturated heterocycles. The van der Waals surface area contributed by atoms with E-state index < -0.39 is 18.2 Å². The number of rotatable bonds is 4. The highest BCUT2D eigenvalue weighted by atomic mass is 35.5. The third-order valence-electron chi connectivity index (χ3n) is 2.89. The first-order valence-corrected chi connectivity index (χ1v) is 7.86. The van der Waals surface area contributed by atoms with E-state index in [0.29, 0.717) is 28.7 Å². The van der Waals surface area contributed by atoms with Crippen molar-refractivity contribution in [3.05, 3.63) is 23.2 Å². The van der Waals surface area contributed by atoms with Crippen LogP contribution < -0.4 is 10.6 Å². The maximum absolute atomic E-state index is 12.4. The number of hydrogen-bond donors (Lipinski definition) is 2. The topological polar surface area (TPSA) is 61.4 Å². The van der Waals surface area contributed by atoms with Gasteiger partial charge < -0.3 is 15.5 Å². The van der Waals surface area contributed by atoms with Crippen molar-refractivity contribution >= 4 is 41.0 Å². The van der Waals surface area contributed by atoms with Crippen molar-refractivity contribution < 1.29 is 18.4 Å². The van der Waals surface area contributed by atoms with Gasteiger partial charge in [-0.25, -0.2) is 13.6 Å². The summed E-state index contributed by atoms with van der Waals surface area (Å²) in [7, 11) is 0. The first-order valence-electron chi connectivity index (χ1n) is 6.49. The van der Waals surface area contributed by atoms with Gasteiger partial charge in [0, 0.05) is 18.0 Å². The number of piperazine rings is 1. The zero-order chi connectivity index (χ0) is 16.1. The molecule has 1 aliphatic heterocycles. The summed E-state index contributed by atoms with van der Waals surface area (Å²) in [6.07, 6.45) is -2.48. The van der Waals surface area contributed by atoms with Crippen molar-refractivity contribution in [1.82, 2.24) is 10.2 Å². The van der Waals surface area contributed by atoms with E-state index in [9.17, 15) is 18.4 Å². The Kier molecular flexibility index (Phi) is 5.84. The number of nitrogens with one attached hydrogen (secondary N) is 2. The molecule has 1 aromatic rings. The van der Waals surface area contributed by atoms with Crippen molar-refractivity contribution in [1.29, 1.82) is 0 Å². The first kappa shape index (κ1) is 16.8. The van der Waals surface area contributed by atoms with Crippen LogP contribution in [0.2, 0.25) is 5.02 Å². The predicted molar refractivity (Wildman–Crippen MR) is 81.8 cm³/mol. The van der Waals surface area contributed by atoms with E-state index >= 15 is 0 Å². The third kappa shape index (κ3) is 4.48. The molecule has 0 bridgehead atoms. The number of thioether (sulfide) groups is 1. The second kappa shape index (κ2) is 7.64. The van der Waals surface area contributed by atoms with Gasteiger partial charge in [0.1, 0.15) is 6.54 Å². The quantitative estimate of drug-likeness (QED) is 0.821. The maximum atomic E-state index is 12.4. The molecule has 0 aliphatic carbocycles. The van der Waals surface area contributed by atoms with Gasteiger partial charge in [0.05, 0.1) is 16.5 Å². The number of nitrogens with zero attached hydrogens (tertiary/aromatic N) is 1. The Morgan fingerprint density at radius 1 is 1.50 bits per heavy atom. The number of amides is 3. The van der Waals surface area contributed by atoms with Gasteiger partial charge in [0.15, 0.2) is 0 Å². The SMILES string of the molecule is O=C1CN(C(=O)Nc2cccc(Cl)c2SCC(F)F)CCN1. The van der Waals surface area contributed by atoms with Gasteiger partial charge in [-0.1, -0.05) is 17.7 Å². The van der Waals surface area contributed by atoms with Crippen LogP contribution in [0, 0.1) is 0 Å². The molecule has 22 heavy (non-hydrogen) atoms. The fourth-order valence-corrected chi connectivity index (χ4v) is 3.02. The second-order valence-electron chi connectivity index (χ2n) is 4.52. The van der Waals surface area contributed by atoms with Crippen molar-refractivity contribution in [3.8, 4) is 0 Å². The number of carbonyl (C=O) groups is 2. The number of benzene rings is 1. The average molecular weight is 350 g/mol. The number of alkyl halides is 2. The van der Waals surface area contributed by atoms with Crippen LogP contribution in [0.4, 0.5) is 19.3 Å². The van der Waals surface area contributed by atoms with Gasteiger partial charge in [0.25, 0.3) is 0 Å². The molecule has 1 heterocycles. The zero-order valence-electron chi connectivity index (χ0n) is 11.4. The predicted octanol–water partition coefficient (Wildman–Crippen LogP) is 2.66. The summed E-state index contributed by atoms with van der Waals surface area (Å²) < 4.78 is 24.8. The molecule has 0 spiro atoms. The minimum atomic E-state index is -2.48. The Balaban J connectivity index is 2.09. The summed E-state index contributed by atoms with van der Waals surface area (Å²) in [5.41, 5.74) is 0.356. The number of anilines is 1. The molecule has 120 valence electrons. The van der Waals surface area contributed by atoms with E-state index in [2.05, 4.69) is 10.6 Å². The van der Waals surface area contributed by atoms with Gasteiger partial charge in [-0.2, -0.15) is 0 Å². The van der Waals surface area contributed by atoms with E-state index in [1.807, 2.05) is 0 Å². The van der Waals surface area contributed by atoms with Crippen molar-refractivity contribution in [2.24, 2.45) is 0 Å². The van der Waals surface area contributed by atoms with Crippen LogP contribution in [0.3, 0.4) is 0 Å².